The van der Waals surface area contributed by atoms with Gasteiger partial charge in [-0.15, -0.1) is 0 Å². The van der Waals surface area contributed by atoms with Crippen LogP contribution in [0.1, 0.15) is 6.92 Å². The van der Waals surface area contributed by atoms with Crippen LogP contribution in [0.2, 0.25) is 0 Å². The molecular weight excluding hydrogens is 260 g/mol. The fraction of sp³-hybridized carbons (Fsp3) is 0.923. The number of hydrogen-bond donors (Lipinski definition) is 1. The van der Waals surface area contributed by atoms with E-state index in [1.807, 2.05) is 0 Å². The van der Waals surface area contributed by atoms with Crippen molar-refractivity contribution >= 4 is 17.2 Å². The predicted molar refractivity (Wildman–Crippen MR) is 81.5 cm³/mol. The zero-order valence-electron chi connectivity index (χ0n) is 11.9. The van der Waals surface area contributed by atoms with E-state index in [0.717, 1.165) is 65.6 Å². The van der Waals surface area contributed by atoms with E-state index in [9.17, 15) is 0 Å². The van der Waals surface area contributed by atoms with Crippen LogP contribution in [0, 0.1) is 0 Å². The van der Waals surface area contributed by atoms with Gasteiger partial charge in [-0.25, -0.2) is 0 Å². The van der Waals surface area contributed by atoms with Crippen LogP contribution in [-0.2, 0) is 4.74 Å². The first-order chi connectivity index (χ1) is 9.16. The Morgan fingerprint density at radius 3 is 2.11 bits per heavy atom. The predicted octanol–water partition coefficient (Wildman–Crippen LogP) is -0.389. The number of morpholine rings is 1. The topological polar surface area (TPSA) is 45.0 Å². The molecule has 1 atom stereocenters. The molecule has 5 nitrogen and oxygen atoms in total. The lowest BCUT2D eigenvalue weighted by Crippen LogP contribution is -2.53. The molecule has 19 heavy (non-hydrogen) atoms. The Morgan fingerprint density at radius 1 is 1.05 bits per heavy atom. The van der Waals surface area contributed by atoms with Gasteiger partial charge in [0.25, 0.3) is 0 Å². The molecule has 0 spiro atoms. The van der Waals surface area contributed by atoms with E-state index in [1.165, 1.54) is 0 Å². The van der Waals surface area contributed by atoms with Crippen molar-refractivity contribution in [2.24, 2.45) is 5.73 Å². The fourth-order valence-electron chi connectivity index (χ4n) is 2.66. The van der Waals surface area contributed by atoms with Crippen LogP contribution >= 0.6 is 12.2 Å². The van der Waals surface area contributed by atoms with Crippen molar-refractivity contribution in [3.63, 3.8) is 0 Å². The van der Waals surface area contributed by atoms with Crippen LogP contribution in [-0.4, -0.2) is 91.3 Å². The molecular formula is C13H26N4OS. The van der Waals surface area contributed by atoms with Crippen LogP contribution in [0.4, 0.5) is 0 Å². The third-order valence-electron chi connectivity index (χ3n) is 4.20. The quantitative estimate of drug-likeness (QED) is 0.695. The van der Waals surface area contributed by atoms with Crippen molar-refractivity contribution in [2.75, 3.05) is 65.6 Å². The first kappa shape index (κ1) is 15.1. The largest absolute Gasteiger partial charge is 0.392 e. The molecule has 2 fully saturated rings. The van der Waals surface area contributed by atoms with Crippen molar-refractivity contribution < 1.29 is 4.74 Å². The van der Waals surface area contributed by atoms with Crippen molar-refractivity contribution in [1.82, 2.24) is 14.7 Å². The summed E-state index contributed by atoms with van der Waals surface area (Å²) >= 11 is 5.07. The van der Waals surface area contributed by atoms with Gasteiger partial charge in [-0.2, -0.15) is 0 Å². The number of hydrogen-bond acceptors (Lipinski definition) is 5. The zero-order chi connectivity index (χ0) is 13.7. The Morgan fingerprint density at radius 2 is 1.58 bits per heavy atom. The van der Waals surface area contributed by atoms with Crippen LogP contribution in [0.15, 0.2) is 0 Å². The van der Waals surface area contributed by atoms with Gasteiger partial charge in [-0.1, -0.05) is 12.2 Å². The highest BCUT2D eigenvalue weighted by Gasteiger charge is 2.22. The van der Waals surface area contributed by atoms with Crippen molar-refractivity contribution in [3.8, 4) is 0 Å². The van der Waals surface area contributed by atoms with Crippen molar-refractivity contribution in [2.45, 2.75) is 13.0 Å². The molecule has 0 aromatic rings. The minimum Gasteiger partial charge on any atom is -0.392 e. The summed E-state index contributed by atoms with van der Waals surface area (Å²) in [5, 5.41) is 0. The lowest BCUT2D eigenvalue weighted by molar-refractivity contribution is 0.0295. The Hall–Kier alpha value is -0.270. The van der Waals surface area contributed by atoms with Crippen LogP contribution in [0.5, 0.6) is 0 Å². The second-order valence-corrected chi connectivity index (χ2v) is 5.88. The first-order valence-corrected chi connectivity index (χ1v) is 7.63. The number of piperazine rings is 1. The second-order valence-electron chi connectivity index (χ2n) is 5.41. The maximum absolute atomic E-state index is 5.72. The molecule has 0 aromatic carbocycles. The van der Waals surface area contributed by atoms with Crippen LogP contribution < -0.4 is 5.73 Å². The minimum atomic E-state index is 0.233. The summed E-state index contributed by atoms with van der Waals surface area (Å²) in [6.45, 7) is 12.8. The molecule has 2 heterocycles. The Kier molecular flexibility index (Phi) is 5.97. The highest BCUT2D eigenvalue weighted by molar-refractivity contribution is 7.80. The Balaban J connectivity index is 1.64. The molecule has 2 saturated heterocycles. The molecule has 0 aliphatic carbocycles. The van der Waals surface area contributed by atoms with Gasteiger partial charge >= 0.3 is 0 Å². The fourth-order valence-corrected chi connectivity index (χ4v) is 2.81. The minimum absolute atomic E-state index is 0.233. The number of nitrogens with two attached hydrogens (primary N) is 1. The van der Waals surface area contributed by atoms with Gasteiger partial charge in [-0.05, 0) is 6.92 Å². The summed E-state index contributed by atoms with van der Waals surface area (Å²) < 4.78 is 5.37. The molecule has 2 N–H and O–H groups in total. The SMILES string of the molecule is CC(C(N)=S)N1CCN(CCN2CCOCC2)CC1. The molecule has 0 aromatic heterocycles. The van der Waals surface area contributed by atoms with Gasteiger partial charge in [0.1, 0.15) is 0 Å². The maximum atomic E-state index is 5.72. The average molecular weight is 286 g/mol. The number of ether oxygens (including phenoxy) is 1. The van der Waals surface area contributed by atoms with E-state index in [1.54, 1.807) is 0 Å². The molecule has 2 aliphatic heterocycles. The highest BCUT2D eigenvalue weighted by Crippen LogP contribution is 2.07. The number of nitrogens with zero attached hydrogens (tertiary/aromatic N) is 3. The molecule has 6 heteroatoms. The van der Waals surface area contributed by atoms with Crippen LogP contribution in [0.25, 0.3) is 0 Å². The molecule has 2 rings (SSSR count). The Labute approximate surface area is 121 Å². The second kappa shape index (κ2) is 7.50. The Bertz CT molecular complexity index is 288. The van der Waals surface area contributed by atoms with E-state index < -0.39 is 0 Å². The summed E-state index contributed by atoms with van der Waals surface area (Å²) in [5.74, 6) is 0. The van der Waals surface area contributed by atoms with Gasteiger partial charge in [0.05, 0.1) is 24.2 Å². The van der Waals surface area contributed by atoms with Gasteiger partial charge in [-0.3, -0.25) is 14.7 Å². The van der Waals surface area contributed by atoms with E-state index in [4.69, 9.17) is 22.7 Å². The van der Waals surface area contributed by atoms with Gasteiger partial charge < -0.3 is 10.5 Å². The highest BCUT2D eigenvalue weighted by atomic mass is 32.1. The molecule has 0 bridgehead atoms. The van der Waals surface area contributed by atoms with Gasteiger partial charge in [0, 0.05) is 52.4 Å². The summed E-state index contributed by atoms with van der Waals surface area (Å²) in [7, 11) is 0. The normalized spacial score (nSPS) is 25.3. The molecule has 1 unspecified atom stereocenters. The summed E-state index contributed by atoms with van der Waals surface area (Å²) in [5.41, 5.74) is 5.72. The average Bonchev–Trinajstić information content (AvgIpc) is 2.46. The lowest BCUT2D eigenvalue weighted by Gasteiger charge is -2.38. The first-order valence-electron chi connectivity index (χ1n) is 7.22. The van der Waals surface area contributed by atoms with E-state index in [-0.39, 0.29) is 6.04 Å². The van der Waals surface area contributed by atoms with Gasteiger partial charge in [0.15, 0.2) is 0 Å². The molecule has 110 valence electrons. The smallest absolute Gasteiger partial charge is 0.0899 e. The molecule has 0 amide bonds. The lowest BCUT2D eigenvalue weighted by atomic mass is 10.2. The monoisotopic (exact) mass is 286 g/mol. The maximum Gasteiger partial charge on any atom is 0.0899 e. The van der Waals surface area contributed by atoms with Crippen molar-refractivity contribution in [3.05, 3.63) is 0 Å². The van der Waals surface area contributed by atoms with Gasteiger partial charge in [0.2, 0.25) is 0 Å². The molecule has 2 aliphatic rings. The third-order valence-corrected chi connectivity index (χ3v) is 4.54. The van der Waals surface area contributed by atoms with E-state index >= 15 is 0 Å². The zero-order valence-corrected chi connectivity index (χ0v) is 12.7. The van der Waals surface area contributed by atoms with Crippen molar-refractivity contribution in [1.29, 1.82) is 0 Å². The summed E-state index contributed by atoms with van der Waals surface area (Å²) in [4.78, 5) is 8.03. The standard InChI is InChI=1S/C13H26N4OS/c1-12(13(14)19)17-6-4-15(5-7-17)2-3-16-8-10-18-11-9-16/h12H,2-11H2,1H3,(H2,14,19). The summed E-state index contributed by atoms with van der Waals surface area (Å²) in [6, 6.07) is 0.233. The van der Waals surface area contributed by atoms with E-state index in [2.05, 4.69) is 21.6 Å². The molecule has 0 radical (unpaired) electrons. The molecule has 0 saturated carbocycles. The number of rotatable bonds is 5. The third kappa shape index (κ3) is 4.65. The summed E-state index contributed by atoms with van der Waals surface area (Å²) in [6.07, 6.45) is 0. The number of thiocarbonyl (C=S) groups is 1. The van der Waals surface area contributed by atoms with E-state index in [0.29, 0.717) is 4.99 Å². The van der Waals surface area contributed by atoms with Crippen LogP contribution in [0.3, 0.4) is 0 Å².